The third kappa shape index (κ3) is 3.73. The Bertz CT molecular complexity index is 463. The largest absolute Gasteiger partial charge is 0.382 e. The fourth-order valence-electron chi connectivity index (χ4n) is 2.76. The zero-order chi connectivity index (χ0) is 14.7. The maximum Gasteiger partial charge on any atom is 0.253 e. The van der Waals surface area contributed by atoms with Crippen molar-refractivity contribution in [3.05, 3.63) is 29.8 Å². The van der Waals surface area contributed by atoms with Crippen molar-refractivity contribution in [2.75, 3.05) is 19.4 Å². The van der Waals surface area contributed by atoms with Crippen LogP contribution in [0.1, 0.15) is 37.0 Å². The van der Waals surface area contributed by atoms with Crippen molar-refractivity contribution in [1.82, 2.24) is 4.90 Å². The minimum atomic E-state index is 0.0300. The molecule has 20 heavy (non-hydrogen) atoms. The first kappa shape index (κ1) is 14.9. The van der Waals surface area contributed by atoms with Crippen LogP contribution in [0.2, 0.25) is 0 Å². The van der Waals surface area contributed by atoms with Crippen LogP contribution in [0.25, 0.3) is 0 Å². The van der Waals surface area contributed by atoms with Gasteiger partial charge in [0.1, 0.15) is 0 Å². The third-order valence-electron chi connectivity index (χ3n) is 3.58. The molecule has 1 heterocycles. The predicted octanol–water partition coefficient (Wildman–Crippen LogP) is 2.76. The zero-order valence-corrected chi connectivity index (χ0v) is 12.7. The summed E-state index contributed by atoms with van der Waals surface area (Å²) in [6, 6.07) is 8.11. The van der Waals surface area contributed by atoms with Crippen molar-refractivity contribution in [2.45, 2.75) is 44.9 Å². The lowest BCUT2D eigenvalue weighted by Crippen LogP contribution is -2.36. The number of anilines is 1. The maximum atomic E-state index is 12.0. The van der Waals surface area contributed by atoms with Gasteiger partial charge < -0.3 is 15.0 Å². The minimum absolute atomic E-state index is 0.0300. The number of hydrogen-bond acceptors (Lipinski definition) is 3. The van der Waals surface area contributed by atoms with Crippen LogP contribution in [0.5, 0.6) is 0 Å². The molecule has 1 fully saturated rings. The quantitative estimate of drug-likeness (QED) is 0.923. The Labute approximate surface area is 121 Å². The molecule has 1 aromatic carbocycles. The van der Waals surface area contributed by atoms with Gasteiger partial charge in [0.15, 0.2) is 0 Å². The number of nitrogens with zero attached hydrogens (tertiary/aromatic N) is 1. The van der Waals surface area contributed by atoms with Crippen molar-refractivity contribution in [3.8, 4) is 0 Å². The van der Waals surface area contributed by atoms with Gasteiger partial charge in [-0.1, -0.05) is 6.07 Å². The summed E-state index contributed by atoms with van der Waals surface area (Å²) in [6.07, 6.45) is 2.55. The molecule has 1 N–H and O–H groups in total. The highest BCUT2D eigenvalue weighted by molar-refractivity contribution is 5.94. The Morgan fingerprint density at radius 2 is 1.90 bits per heavy atom. The number of carbonyl (C=O) groups is 1. The summed E-state index contributed by atoms with van der Waals surface area (Å²) in [5.74, 6) is 0.0300. The first-order valence-electron chi connectivity index (χ1n) is 7.19. The van der Waals surface area contributed by atoms with E-state index in [0.29, 0.717) is 11.6 Å². The van der Waals surface area contributed by atoms with Crippen molar-refractivity contribution in [1.29, 1.82) is 0 Å². The molecule has 4 nitrogen and oxygen atoms in total. The average molecular weight is 276 g/mol. The molecule has 2 unspecified atom stereocenters. The van der Waals surface area contributed by atoms with Crippen LogP contribution in [0, 0.1) is 0 Å². The van der Waals surface area contributed by atoms with Gasteiger partial charge in [-0.2, -0.15) is 0 Å². The molecule has 2 atom stereocenters. The fraction of sp³-hybridized carbons (Fsp3) is 0.562. The lowest BCUT2D eigenvalue weighted by atomic mass is 9.99. The molecule has 1 saturated heterocycles. The minimum Gasteiger partial charge on any atom is -0.382 e. The Morgan fingerprint density at radius 1 is 1.25 bits per heavy atom. The number of carbonyl (C=O) groups excluding carboxylic acids is 1. The average Bonchev–Trinajstić information content (AvgIpc) is 2.36. The van der Waals surface area contributed by atoms with Gasteiger partial charge in [0.25, 0.3) is 5.91 Å². The second-order valence-corrected chi connectivity index (χ2v) is 5.85. The second kappa shape index (κ2) is 6.27. The molecule has 0 spiro atoms. The summed E-state index contributed by atoms with van der Waals surface area (Å²) in [5.41, 5.74) is 1.72. The van der Waals surface area contributed by atoms with Crippen molar-refractivity contribution < 1.29 is 9.53 Å². The predicted molar refractivity (Wildman–Crippen MR) is 81.1 cm³/mol. The first-order valence-corrected chi connectivity index (χ1v) is 7.19. The molecule has 2 rings (SSSR count). The van der Waals surface area contributed by atoms with Gasteiger partial charge in [0, 0.05) is 31.4 Å². The SMILES string of the molecule is CC1CC(Nc2cccc(C(=O)N(C)C)c2)CC(C)O1. The first-order chi connectivity index (χ1) is 9.45. The van der Waals surface area contributed by atoms with Gasteiger partial charge in [-0.15, -0.1) is 0 Å². The molecular formula is C16H24N2O2. The molecule has 1 aliphatic rings. The van der Waals surface area contributed by atoms with Crippen molar-refractivity contribution in [3.63, 3.8) is 0 Å². The molecule has 4 heteroatoms. The molecule has 0 radical (unpaired) electrons. The highest BCUT2D eigenvalue weighted by atomic mass is 16.5. The Kier molecular flexibility index (Phi) is 4.65. The lowest BCUT2D eigenvalue weighted by Gasteiger charge is -2.33. The van der Waals surface area contributed by atoms with E-state index in [-0.39, 0.29) is 18.1 Å². The van der Waals surface area contributed by atoms with Crippen molar-refractivity contribution in [2.24, 2.45) is 0 Å². The molecule has 1 aromatic rings. The molecule has 110 valence electrons. The monoisotopic (exact) mass is 276 g/mol. The summed E-state index contributed by atoms with van der Waals surface area (Å²) < 4.78 is 5.75. The van der Waals surface area contributed by atoms with Crippen LogP contribution in [0.4, 0.5) is 5.69 Å². The summed E-state index contributed by atoms with van der Waals surface area (Å²) in [4.78, 5) is 13.6. The molecule has 0 bridgehead atoms. The molecule has 0 saturated carbocycles. The van der Waals surface area contributed by atoms with Crippen LogP contribution in [0.15, 0.2) is 24.3 Å². The third-order valence-corrected chi connectivity index (χ3v) is 3.58. The molecule has 0 aromatic heterocycles. The van der Waals surface area contributed by atoms with Crippen LogP contribution in [-0.2, 0) is 4.74 Å². The number of rotatable bonds is 3. The molecule has 1 aliphatic heterocycles. The Balaban J connectivity index is 2.06. The van der Waals surface area contributed by atoms with E-state index in [2.05, 4.69) is 19.2 Å². The summed E-state index contributed by atoms with van der Waals surface area (Å²) in [6.45, 7) is 4.21. The van der Waals surface area contributed by atoms with Crippen molar-refractivity contribution >= 4 is 11.6 Å². The van der Waals surface area contributed by atoms with Gasteiger partial charge in [-0.05, 0) is 44.9 Å². The topological polar surface area (TPSA) is 41.6 Å². The smallest absolute Gasteiger partial charge is 0.253 e. The van der Waals surface area contributed by atoms with E-state index in [1.807, 2.05) is 24.3 Å². The molecule has 1 amide bonds. The summed E-state index contributed by atoms with van der Waals surface area (Å²) >= 11 is 0. The van der Waals surface area contributed by atoms with Gasteiger partial charge in [0.2, 0.25) is 0 Å². The van der Waals surface area contributed by atoms with E-state index in [1.54, 1.807) is 19.0 Å². The van der Waals surface area contributed by atoms with E-state index < -0.39 is 0 Å². The number of benzene rings is 1. The maximum absolute atomic E-state index is 12.0. The number of ether oxygens (including phenoxy) is 1. The number of hydrogen-bond donors (Lipinski definition) is 1. The van der Waals surface area contributed by atoms with E-state index in [1.165, 1.54) is 0 Å². The lowest BCUT2D eigenvalue weighted by molar-refractivity contribution is -0.0337. The van der Waals surface area contributed by atoms with Gasteiger partial charge in [-0.25, -0.2) is 0 Å². The molecular weight excluding hydrogens is 252 g/mol. The normalized spacial score (nSPS) is 26.1. The highest BCUT2D eigenvalue weighted by Crippen LogP contribution is 2.23. The van der Waals surface area contributed by atoms with Crippen LogP contribution >= 0.6 is 0 Å². The van der Waals surface area contributed by atoms with Gasteiger partial charge >= 0.3 is 0 Å². The standard InChI is InChI=1S/C16H24N2O2/c1-11-8-15(9-12(2)20-11)17-14-7-5-6-13(10-14)16(19)18(3)4/h5-7,10-12,15,17H,8-9H2,1-4H3. The number of nitrogens with one attached hydrogen (secondary N) is 1. The van der Waals surface area contributed by atoms with Crippen LogP contribution in [-0.4, -0.2) is 43.2 Å². The Morgan fingerprint density at radius 3 is 2.50 bits per heavy atom. The van der Waals surface area contributed by atoms with E-state index in [4.69, 9.17) is 4.74 Å². The number of amides is 1. The molecule has 0 aliphatic carbocycles. The summed E-state index contributed by atoms with van der Waals surface area (Å²) in [7, 11) is 3.54. The second-order valence-electron chi connectivity index (χ2n) is 5.85. The van der Waals surface area contributed by atoms with Gasteiger partial charge in [0.05, 0.1) is 12.2 Å². The van der Waals surface area contributed by atoms with Gasteiger partial charge in [-0.3, -0.25) is 4.79 Å². The zero-order valence-electron chi connectivity index (χ0n) is 12.7. The Hall–Kier alpha value is -1.55. The van der Waals surface area contributed by atoms with E-state index in [0.717, 1.165) is 18.5 Å². The van der Waals surface area contributed by atoms with Crippen LogP contribution in [0.3, 0.4) is 0 Å². The fourth-order valence-corrected chi connectivity index (χ4v) is 2.76. The highest BCUT2D eigenvalue weighted by Gasteiger charge is 2.24. The van der Waals surface area contributed by atoms with Crippen LogP contribution < -0.4 is 5.32 Å². The van der Waals surface area contributed by atoms with E-state index >= 15 is 0 Å². The summed E-state index contributed by atoms with van der Waals surface area (Å²) in [5, 5.41) is 3.53. The van der Waals surface area contributed by atoms with E-state index in [9.17, 15) is 4.79 Å².